The van der Waals surface area contributed by atoms with Gasteiger partial charge in [0.05, 0.1) is 0 Å². The quantitative estimate of drug-likeness (QED) is 0.863. The first-order chi connectivity index (χ1) is 11.0. The molecule has 3 nitrogen and oxygen atoms in total. The fraction of sp³-hybridized carbons (Fsp3) is 0.600. The van der Waals surface area contributed by atoms with Crippen molar-refractivity contribution in [3.05, 3.63) is 35.4 Å². The smallest absolute Gasteiger partial charge is 0.123 e. The lowest BCUT2D eigenvalue weighted by molar-refractivity contribution is -0.161. The highest BCUT2D eigenvalue weighted by Gasteiger charge is 2.62. The summed E-state index contributed by atoms with van der Waals surface area (Å²) >= 11 is 0. The molecule has 0 bridgehead atoms. The van der Waals surface area contributed by atoms with Gasteiger partial charge >= 0.3 is 0 Å². The highest BCUT2D eigenvalue weighted by Crippen LogP contribution is 2.59. The Morgan fingerprint density at radius 2 is 2.09 bits per heavy atom. The van der Waals surface area contributed by atoms with Gasteiger partial charge in [-0.05, 0) is 61.6 Å². The first kappa shape index (κ1) is 13.9. The van der Waals surface area contributed by atoms with E-state index >= 15 is 0 Å². The maximum Gasteiger partial charge on any atom is 0.123 e. The molecular formula is C20H26N2O. The molecule has 1 saturated carbocycles. The highest BCUT2D eigenvalue weighted by atomic mass is 16.5. The lowest BCUT2D eigenvalue weighted by atomic mass is 9.54. The number of allylic oxidation sites excluding steroid dienone is 1. The molecule has 1 aliphatic carbocycles. The normalized spacial score (nSPS) is 30.0. The summed E-state index contributed by atoms with van der Waals surface area (Å²) in [4.78, 5) is 2.43. The molecule has 2 fully saturated rings. The largest absolute Gasteiger partial charge is 0.487 e. The number of ether oxygens (including phenoxy) is 1. The molecule has 3 aliphatic heterocycles. The van der Waals surface area contributed by atoms with Crippen LogP contribution in [0.2, 0.25) is 0 Å². The van der Waals surface area contributed by atoms with Gasteiger partial charge in [0.2, 0.25) is 0 Å². The third-order valence-corrected chi connectivity index (χ3v) is 6.18. The van der Waals surface area contributed by atoms with Crippen molar-refractivity contribution in [3.63, 3.8) is 0 Å². The Hall–Kier alpha value is -1.48. The van der Waals surface area contributed by atoms with E-state index in [1.165, 1.54) is 49.2 Å². The van der Waals surface area contributed by atoms with Gasteiger partial charge in [0, 0.05) is 37.2 Å². The molecule has 0 radical (unpaired) electrons. The Bertz CT molecular complexity index is 679. The minimum atomic E-state index is 0.116. The highest BCUT2D eigenvalue weighted by molar-refractivity contribution is 5.67. The molecule has 0 unspecified atom stereocenters. The molecule has 3 heteroatoms. The van der Waals surface area contributed by atoms with Gasteiger partial charge in [0.25, 0.3) is 0 Å². The van der Waals surface area contributed by atoms with Gasteiger partial charge < -0.3 is 15.0 Å². The van der Waals surface area contributed by atoms with Crippen molar-refractivity contribution >= 4 is 5.70 Å². The maximum atomic E-state index is 6.40. The van der Waals surface area contributed by atoms with E-state index in [9.17, 15) is 0 Å². The van der Waals surface area contributed by atoms with Crippen molar-refractivity contribution in [2.45, 2.75) is 38.2 Å². The molecule has 0 aromatic heterocycles. The number of nitrogens with one attached hydrogen (secondary N) is 1. The van der Waals surface area contributed by atoms with Crippen LogP contribution in [0.4, 0.5) is 0 Å². The lowest BCUT2D eigenvalue weighted by Gasteiger charge is -2.62. The van der Waals surface area contributed by atoms with E-state index in [0.29, 0.717) is 5.41 Å². The number of hydrogen-bond donors (Lipinski definition) is 1. The minimum absolute atomic E-state index is 0.116. The van der Waals surface area contributed by atoms with Gasteiger partial charge in [-0.1, -0.05) is 13.0 Å². The Morgan fingerprint density at radius 3 is 2.78 bits per heavy atom. The van der Waals surface area contributed by atoms with E-state index in [4.69, 9.17) is 4.74 Å². The van der Waals surface area contributed by atoms with Crippen molar-refractivity contribution in [2.75, 3.05) is 26.7 Å². The van der Waals surface area contributed by atoms with Crippen LogP contribution < -0.4 is 10.1 Å². The van der Waals surface area contributed by atoms with Crippen molar-refractivity contribution in [1.29, 1.82) is 0 Å². The summed E-state index contributed by atoms with van der Waals surface area (Å²) in [5, 5.41) is 3.58. The first-order valence-corrected chi connectivity index (χ1v) is 9.00. The third kappa shape index (κ3) is 2.13. The van der Waals surface area contributed by atoms with Crippen molar-refractivity contribution in [2.24, 2.45) is 11.3 Å². The molecule has 4 aliphatic rings. The van der Waals surface area contributed by atoms with Gasteiger partial charge in [0.1, 0.15) is 11.4 Å². The number of benzene rings is 1. The van der Waals surface area contributed by atoms with Crippen LogP contribution in [0, 0.1) is 11.3 Å². The van der Waals surface area contributed by atoms with E-state index in [1.54, 1.807) is 0 Å². The minimum Gasteiger partial charge on any atom is -0.487 e. The van der Waals surface area contributed by atoms with Crippen LogP contribution in [-0.4, -0.2) is 37.2 Å². The average Bonchev–Trinajstić information content (AvgIpc) is 2.84. The molecule has 1 saturated heterocycles. The molecule has 1 atom stereocenters. The first-order valence-electron chi connectivity index (χ1n) is 9.00. The summed E-state index contributed by atoms with van der Waals surface area (Å²) in [6, 6.07) is 6.77. The molecule has 5 rings (SSSR count). The average molecular weight is 310 g/mol. The molecule has 1 aromatic carbocycles. The predicted octanol–water partition coefficient (Wildman–Crippen LogP) is 3.06. The van der Waals surface area contributed by atoms with Crippen LogP contribution in [0.3, 0.4) is 0 Å². The standard InChI is InChI=1S/C20H26N2O/c1-14-3-5-17(21-9-14)15-4-6-18-16(7-15)8-20(23-18)10-19(11-20)12-22(2)13-19/h4-7,14,21H,3,8-13H2,1-2H3/t14-/m0/s1. The number of rotatable bonds is 1. The van der Waals surface area contributed by atoms with Crippen molar-refractivity contribution in [3.8, 4) is 5.75 Å². The van der Waals surface area contributed by atoms with Gasteiger partial charge in [-0.15, -0.1) is 0 Å². The third-order valence-electron chi connectivity index (χ3n) is 6.18. The summed E-state index contributed by atoms with van der Waals surface area (Å²) in [6.45, 7) is 5.90. The molecule has 122 valence electrons. The Labute approximate surface area is 138 Å². The summed E-state index contributed by atoms with van der Waals surface area (Å²) in [7, 11) is 2.22. The second kappa shape index (κ2) is 4.54. The number of hydrogen-bond acceptors (Lipinski definition) is 3. The van der Waals surface area contributed by atoms with Crippen LogP contribution >= 0.6 is 0 Å². The Morgan fingerprint density at radius 1 is 1.26 bits per heavy atom. The number of fused-ring (bicyclic) bond motifs is 1. The summed E-state index contributed by atoms with van der Waals surface area (Å²) in [5.74, 6) is 1.87. The Balaban J connectivity index is 1.34. The lowest BCUT2D eigenvalue weighted by Crippen LogP contribution is -2.68. The Kier molecular flexibility index (Phi) is 2.74. The van der Waals surface area contributed by atoms with Gasteiger partial charge in [-0.25, -0.2) is 0 Å². The van der Waals surface area contributed by atoms with Gasteiger partial charge in [0.15, 0.2) is 0 Å². The van der Waals surface area contributed by atoms with E-state index in [1.807, 2.05) is 0 Å². The van der Waals surface area contributed by atoms with Crippen LogP contribution in [0.25, 0.3) is 5.70 Å². The fourth-order valence-electron chi connectivity index (χ4n) is 5.41. The van der Waals surface area contributed by atoms with Crippen LogP contribution in [0.15, 0.2) is 24.3 Å². The number of nitrogens with zero attached hydrogens (tertiary/aromatic N) is 1. The molecular weight excluding hydrogens is 284 g/mol. The molecule has 3 heterocycles. The van der Waals surface area contributed by atoms with E-state index in [0.717, 1.165) is 24.6 Å². The fourth-order valence-corrected chi connectivity index (χ4v) is 5.41. The second-order valence-corrected chi connectivity index (χ2v) is 8.65. The van der Waals surface area contributed by atoms with Crippen LogP contribution in [0.1, 0.15) is 37.3 Å². The zero-order chi connectivity index (χ0) is 15.7. The topological polar surface area (TPSA) is 24.5 Å². The zero-order valence-electron chi connectivity index (χ0n) is 14.2. The predicted molar refractivity (Wildman–Crippen MR) is 92.4 cm³/mol. The maximum absolute atomic E-state index is 6.40. The molecule has 1 aromatic rings. The van der Waals surface area contributed by atoms with E-state index in [2.05, 4.69) is 48.5 Å². The summed E-state index contributed by atoms with van der Waals surface area (Å²) in [5.41, 5.74) is 4.73. The van der Waals surface area contributed by atoms with Crippen molar-refractivity contribution in [1.82, 2.24) is 10.2 Å². The zero-order valence-corrected chi connectivity index (χ0v) is 14.2. The molecule has 1 N–H and O–H groups in total. The second-order valence-electron chi connectivity index (χ2n) is 8.65. The molecule has 0 amide bonds. The monoisotopic (exact) mass is 310 g/mol. The number of likely N-dealkylation sites (tertiary alicyclic amines) is 1. The van der Waals surface area contributed by atoms with Crippen LogP contribution in [-0.2, 0) is 6.42 Å². The van der Waals surface area contributed by atoms with E-state index in [-0.39, 0.29) is 5.60 Å². The van der Waals surface area contributed by atoms with Gasteiger partial charge in [-0.2, -0.15) is 0 Å². The van der Waals surface area contributed by atoms with Crippen LogP contribution in [0.5, 0.6) is 5.75 Å². The SMILES string of the molecule is C[C@H]1CC=C(c2ccc3c(c2)CC2(CC4(CN(C)C4)C2)O3)NC1. The van der Waals surface area contributed by atoms with Crippen molar-refractivity contribution < 1.29 is 4.74 Å². The summed E-state index contributed by atoms with van der Waals surface area (Å²) < 4.78 is 6.40. The summed E-state index contributed by atoms with van der Waals surface area (Å²) in [6.07, 6.45) is 7.12. The van der Waals surface area contributed by atoms with Gasteiger partial charge in [-0.3, -0.25) is 0 Å². The molecule has 23 heavy (non-hydrogen) atoms. The molecule has 2 spiro atoms. The van der Waals surface area contributed by atoms with E-state index < -0.39 is 0 Å².